The number of piperidine rings is 1. The van der Waals surface area contributed by atoms with Gasteiger partial charge in [0.15, 0.2) is 0 Å². The molecule has 1 aromatic carbocycles. The zero-order chi connectivity index (χ0) is 13.5. The lowest BCUT2D eigenvalue weighted by atomic mass is 10.1. The Bertz CT molecular complexity index is 400. The molecule has 0 aromatic heterocycles. The van der Waals surface area contributed by atoms with E-state index >= 15 is 0 Å². The van der Waals surface area contributed by atoms with Crippen LogP contribution >= 0.6 is 0 Å². The van der Waals surface area contributed by atoms with Gasteiger partial charge in [0.05, 0.1) is 0 Å². The predicted octanol–water partition coefficient (Wildman–Crippen LogP) is 2.30. The van der Waals surface area contributed by atoms with Crippen LogP contribution in [0, 0.1) is 0 Å². The van der Waals surface area contributed by atoms with E-state index in [1.165, 1.54) is 19.3 Å². The molecule has 5 nitrogen and oxygen atoms in total. The highest BCUT2D eigenvalue weighted by Crippen LogP contribution is 2.11. The number of likely N-dealkylation sites (tertiary alicyclic amines) is 1. The molecule has 2 rings (SSSR count). The minimum Gasteiger partial charge on any atom is -0.448 e. The van der Waals surface area contributed by atoms with Crippen molar-refractivity contribution in [3.8, 4) is 0 Å². The van der Waals surface area contributed by atoms with E-state index in [1.54, 1.807) is 24.3 Å². The van der Waals surface area contributed by atoms with Gasteiger partial charge in [0, 0.05) is 17.9 Å². The summed E-state index contributed by atoms with van der Waals surface area (Å²) in [5, 5.41) is 2.67. The average molecular weight is 263 g/mol. The molecule has 19 heavy (non-hydrogen) atoms. The maximum Gasteiger partial charge on any atom is 0.411 e. The smallest absolute Gasteiger partial charge is 0.411 e. The molecular formula is C14H21N3O2. The molecule has 104 valence electrons. The van der Waals surface area contributed by atoms with Crippen molar-refractivity contribution in [2.24, 2.45) is 0 Å². The van der Waals surface area contributed by atoms with Gasteiger partial charge in [-0.15, -0.1) is 0 Å². The highest BCUT2D eigenvalue weighted by atomic mass is 16.5. The molecule has 1 fully saturated rings. The van der Waals surface area contributed by atoms with Gasteiger partial charge in [0.1, 0.15) is 6.61 Å². The van der Waals surface area contributed by atoms with Crippen molar-refractivity contribution < 1.29 is 9.53 Å². The van der Waals surface area contributed by atoms with Gasteiger partial charge in [0.2, 0.25) is 0 Å². The van der Waals surface area contributed by atoms with Crippen molar-refractivity contribution in [1.29, 1.82) is 0 Å². The number of rotatable bonds is 4. The summed E-state index contributed by atoms with van der Waals surface area (Å²) < 4.78 is 5.16. The molecule has 1 aliphatic rings. The number of hydrogen-bond donors (Lipinski definition) is 2. The Morgan fingerprint density at radius 2 is 1.89 bits per heavy atom. The van der Waals surface area contributed by atoms with Crippen LogP contribution in [0.25, 0.3) is 0 Å². The number of ether oxygens (including phenoxy) is 1. The third-order valence-electron chi connectivity index (χ3n) is 3.25. The molecule has 0 bridgehead atoms. The van der Waals surface area contributed by atoms with E-state index < -0.39 is 6.09 Å². The lowest BCUT2D eigenvalue weighted by Gasteiger charge is -2.25. The van der Waals surface area contributed by atoms with E-state index in [4.69, 9.17) is 10.5 Å². The summed E-state index contributed by atoms with van der Waals surface area (Å²) in [6.45, 7) is 3.47. The summed E-state index contributed by atoms with van der Waals surface area (Å²) in [6.07, 6.45) is 3.39. The molecule has 0 saturated carbocycles. The monoisotopic (exact) mass is 263 g/mol. The van der Waals surface area contributed by atoms with E-state index in [2.05, 4.69) is 10.2 Å². The van der Waals surface area contributed by atoms with Crippen molar-refractivity contribution in [3.63, 3.8) is 0 Å². The van der Waals surface area contributed by atoms with Gasteiger partial charge in [-0.1, -0.05) is 6.42 Å². The molecule has 3 N–H and O–H groups in total. The Labute approximate surface area is 113 Å². The summed E-state index contributed by atoms with van der Waals surface area (Å²) in [6, 6.07) is 6.98. The summed E-state index contributed by atoms with van der Waals surface area (Å²) in [5.74, 6) is 0. The van der Waals surface area contributed by atoms with E-state index in [-0.39, 0.29) is 0 Å². The van der Waals surface area contributed by atoms with Crippen molar-refractivity contribution in [1.82, 2.24) is 4.90 Å². The van der Waals surface area contributed by atoms with Crippen LogP contribution in [-0.4, -0.2) is 37.2 Å². The summed E-state index contributed by atoms with van der Waals surface area (Å²) >= 11 is 0. The summed E-state index contributed by atoms with van der Waals surface area (Å²) in [7, 11) is 0. The number of nitrogens with two attached hydrogens (primary N) is 1. The van der Waals surface area contributed by atoms with E-state index in [0.717, 1.165) is 19.6 Å². The van der Waals surface area contributed by atoms with Crippen molar-refractivity contribution in [2.75, 3.05) is 37.3 Å². The number of anilines is 2. The van der Waals surface area contributed by atoms with Crippen LogP contribution in [0.2, 0.25) is 0 Å². The number of nitrogen functional groups attached to an aromatic ring is 1. The van der Waals surface area contributed by atoms with Crippen LogP contribution in [-0.2, 0) is 4.74 Å². The number of nitrogens with one attached hydrogen (secondary N) is 1. The third kappa shape index (κ3) is 4.79. The highest BCUT2D eigenvalue weighted by molar-refractivity contribution is 5.84. The molecule has 1 saturated heterocycles. The lowest BCUT2D eigenvalue weighted by molar-refractivity contribution is 0.131. The van der Waals surface area contributed by atoms with Crippen LogP contribution in [0.1, 0.15) is 19.3 Å². The van der Waals surface area contributed by atoms with Crippen molar-refractivity contribution in [3.05, 3.63) is 24.3 Å². The molecular weight excluding hydrogens is 242 g/mol. The maximum absolute atomic E-state index is 11.6. The quantitative estimate of drug-likeness (QED) is 0.818. The number of amides is 1. The van der Waals surface area contributed by atoms with E-state index in [0.29, 0.717) is 18.0 Å². The summed E-state index contributed by atoms with van der Waals surface area (Å²) in [4.78, 5) is 13.9. The second kappa shape index (κ2) is 6.99. The maximum atomic E-state index is 11.6. The molecule has 0 unspecified atom stereocenters. The predicted molar refractivity (Wildman–Crippen MR) is 76.1 cm³/mol. The number of hydrogen-bond acceptors (Lipinski definition) is 4. The van der Waals surface area contributed by atoms with Crippen LogP contribution < -0.4 is 11.1 Å². The van der Waals surface area contributed by atoms with E-state index in [9.17, 15) is 4.79 Å². The molecule has 0 spiro atoms. The number of benzene rings is 1. The Balaban J connectivity index is 1.65. The topological polar surface area (TPSA) is 67.6 Å². The molecule has 0 atom stereocenters. The third-order valence-corrected chi connectivity index (χ3v) is 3.25. The normalized spacial score (nSPS) is 16.0. The minimum absolute atomic E-state index is 0.415. The molecule has 1 amide bonds. The fraction of sp³-hybridized carbons (Fsp3) is 0.500. The van der Waals surface area contributed by atoms with Crippen molar-refractivity contribution in [2.45, 2.75) is 19.3 Å². The van der Waals surface area contributed by atoms with Gasteiger partial charge in [-0.05, 0) is 50.2 Å². The second-order valence-electron chi connectivity index (χ2n) is 4.79. The number of carbonyl (C=O) groups is 1. The zero-order valence-electron chi connectivity index (χ0n) is 11.1. The molecule has 1 aromatic rings. The van der Waals surface area contributed by atoms with E-state index in [1.807, 2.05) is 0 Å². The zero-order valence-corrected chi connectivity index (χ0v) is 11.1. The lowest BCUT2D eigenvalue weighted by Crippen LogP contribution is -2.33. The molecule has 0 aliphatic carbocycles. The van der Waals surface area contributed by atoms with Crippen LogP contribution in [0.15, 0.2) is 24.3 Å². The van der Waals surface area contributed by atoms with Crippen molar-refractivity contribution >= 4 is 17.5 Å². The number of carbonyl (C=O) groups excluding carboxylic acids is 1. The summed E-state index contributed by atoms with van der Waals surface area (Å²) in [5.41, 5.74) is 6.93. The molecule has 1 aliphatic heterocycles. The standard InChI is InChI=1S/C14H21N3O2/c15-12-4-6-13(7-5-12)16-14(18)19-11-10-17-8-2-1-3-9-17/h4-7H,1-3,8-11,15H2,(H,16,18). The Morgan fingerprint density at radius 1 is 1.21 bits per heavy atom. The molecule has 0 radical (unpaired) electrons. The second-order valence-corrected chi connectivity index (χ2v) is 4.79. The van der Waals surface area contributed by atoms with Crippen LogP contribution in [0.4, 0.5) is 16.2 Å². The largest absolute Gasteiger partial charge is 0.448 e. The Morgan fingerprint density at radius 3 is 2.58 bits per heavy atom. The number of nitrogens with zero attached hydrogens (tertiary/aromatic N) is 1. The highest BCUT2D eigenvalue weighted by Gasteiger charge is 2.10. The first-order chi connectivity index (χ1) is 9.24. The van der Waals surface area contributed by atoms with Gasteiger partial charge in [-0.3, -0.25) is 10.2 Å². The van der Waals surface area contributed by atoms with Gasteiger partial charge in [-0.25, -0.2) is 4.79 Å². The van der Waals surface area contributed by atoms with Crippen LogP contribution in [0.3, 0.4) is 0 Å². The van der Waals surface area contributed by atoms with Gasteiger partial charge >= 0.3 is 6.09 Å². The van der Waals surface area contributed by atoms with Gasteiger partial charge in [0.25, 0.3) is 0 Å². The first-order valence-electron chi connectivity index (χ1n) is 6.76. The van der Waals surface area contributed by atoms with Crippen LogP contribution in [0.5, 0.6) is 0 Å². The molecule has 1 heterocycles. The minimum atomic E-state index is -0.415. The molecule has 5 heteroatoms. The Kier molecular flexibility index (Phi) is 5.03. The fourth-order valence-electron chi connectivity index (χ4n) is 2.17. The van der Waals surface area contributed by atoms with Gasteiger partial charge < -0.3 is 10.5 Å². The Hall–Kier alpha value is -1.75. The fourth-order valence-corrected chi connectivity index (χ4v) is 2.17. The average Bonchev–Trinajstić information content (AvgIpc) is 2.43. The first kappa shape index (κ1) is 13.7. The first-order valence-corrected chi connectivity index (χ1v) is 6.76. The van der Waals surface area contributed by atoms with Gasteiger partial charge in [-0.2, -0.15) is 0 Å². The SMILES string of the molecule is Nc1ccc(NC(=O)OCCN2CCCCC2)cc1.